The molecule has 0 radical (unpaired) electrons. The van der Waals surface area contributed by atoms with Crippen LogP contribution in [0.1, 0.15) is 18.4 Å². The Hall–Kier alpha value is -1.87. The first-order valence-corrected chi connectivity index (χ1v) is 6.19. The number of carbonyl (C=O) groups excluding carboxylic acids is 1. The summed E-state index contributed by atoms with van der Waals surface area (Å²) in [5.41, 5.74) is 7.46. The fraction of sp³-hybridized carbons (Fsp3) is 0.267. The summed E-state index contributed by atoms with van der Waals surface area (Å²) in [7, 11) is 0. The van der Waals surface area contributed by atoms with Gasteiger partial charge in [0.25, 0.3) is 0 Å². The van der Waals surface area contributed by atoms with Crippen molar-refractivity contribution in [3.8, 4) is 0 Å². The molecule has 0 aliphatic carbocycles. The van der Waals surface area contributed by atoms with E-state index in [1.54, 1.807) is 0 Å². The van der Waals surface area contributed by atoms with Gasteiger partial charge in [-0.1, -0.05) is 29.8 Å². The minimum atomic E-state index is 0.0203. The zero-order valence-electron chi connectivity index (χ0n) is 10.6. The number of nitrogens with one attached hydrogen (secondary N) is 1. The van der Waals surface area contributed by atoms with Crippen LogP contribution in [0.2, 0.25) is 0 Å². The highest BCUT2D eigenvalue weighted by molar-refractivity contribution is 5.94. The van der Waals surface area contributed by atoms with Gasteiger partial charge in [-0.3, -0.25) is 4.79 Å². The Balaban J connectivity index is 2.15. The van der Waals surface area contributed by atoms with E-state index in [-0.39, 0.29) is 5.91 Å². The van der Waals surface area contributed by atoms with Gasteiger partial charge in [-0.25, -0.2) is 0 Å². The first kappa shape index (κ1) is 12.6. The number of nitrogens with two attached hydrogens (primary N) is 1. The summed E-state index contributed by atoms with van der Waals surface area (Å²) in [6, 6.07) is 12.2. The molecule has 2 aromatic carbocycles. The predicted octanol–water partition coefficient (Wildman–Crippen LogP) is 2.83. The lowest BCUT2D eigenvalue weighted by atomic mass is 10.1. The van der Waals surface area contributed by atoms with Gasteiger partial charge in [-0.2, -0.15) is 0 Å². The normalized spacial score (nSPS) is 10.6. The van der Waals surface area contributed by atoms with Crippen LogP contribution in [0.25, 0.3) is 10.8 Å². The second kappa shape index (κ2) is 5.65. The first-order valence-electron chi connectivity index (χ1n) is 6.19. The minimum absolute atomic E-state index is 0.0203. The van der Waals surface area contributed by atoms with Gasteiger partial charge >= 0.3 is 0 Å². The van der Waals surface area contributed by atoms with E-state index >= 15 is 0 Å². The molecule has 0 saturated carbocycles. The molecule has 3 nitrogen and oxygen atoms in total. The second-order valence-electron chi connectivity index (χ2n) is 4.51. The Morgan fingerprint density at radius 1 is 1.17 bits per heavy atom. The molecule has 94 valence electrons. The molecule has 18 heavy (non-hydrogen) atoms. The number of carbonyl (C=O) groups is 1. The van der Waals surface area contributed by atoms with E-state index in [9.17, 15) is 4.79 Å². The molecule has 3 N–H and O–H groups in total. The van der Waals surface area contributed by atoms with Crippen LogP contribution in [0.4, 0.5) is 5.69 Å². The Bertz CT molecular complexity index is 563. The maximum atomic E-state index is 11.6. The number of rotatable bonds is 4. The van der Waals surface area contributed by atoms with E-state index < -0.39 is 0 Å². The van der Waals surface area contributed by atoms with Crippen LogP contribution in [0.3, 0.4) is 0 Å². The van der Waals surface area contributed by atoms with Gasteiger partial charge in [0.1, 0.15) is 0 Å². The third kappa shape index (κ3) is 3.08. The second-order valence-corrected chi connectivity index (χ2v) is 4.51. The van der Waals surface area contributed by atoms with E-state index in [1.807, 2.05) is 18.2 Å². The molecule has 0 saturated heterocycles. The molecule has 1 amide bonds. The average molecular weight is 242 g/mol. The van der Waals surface area contributed by atoms with E-state index in [1.165, 1.54) is 10.9 Å². The van der Waals surface area contributed by atoms with Gasteiger partial charge < -0.3 is 11.1 Å². The van der Waals surface area contributed by atoms with Gasteiger partial charge in [-0.05, 0) is 42.8 Å². The van der Waals surface area contributed by atoms with Crippen molar-refractivity contribution >= 4 is 22.4 Å². The van der Waals surface area contributed by atoms with Crippen LogP contribution >= 0.6 is 0 Å². The van der Waals surface area contributed by atoms with Crippen LogP contribution < -0.4 is 11.1 Å². The van der Waals surface area contributed by atoms with E-state index in [4.69, 9.17) is 5.73 Å². The van der Waals surface area contributed by atoms with E-state index in [0.29, 0.717) is 13.0 Å². The van der Waals surface area contributed by atoms with Gasteiger partial charge in [0, 0.05) is 12.1 Å². The van der Waals surface area contributed by atoms with Gasteiger partial charge in [-0.15, -0.1) is 0 Å². The SMILES string of the molecule is Cc1ccc2cc(NC(=O)CCCN)ccc2c1. The quantitative estimate of drug-likeness (QED) is 0.866. The molecular formula is C15H18N2O. The Morgan fingerprint density at radius 2 is 1.89 bits per heavy atom. The lowest BCUT2D eigenvalue weighted by Gasteiger charge is -2.06. The number of fused-ring (bicyclic) bond motifs is 1. The molecule has 0 atom stereocenters. The van der Waals surface area contributed by atoms with Crippen molar-refractivity contribution in [1.82, 2.24) is 0 Å². The number of benzene rings is 2. The maximum absolute atomic E-state index is 11.6. The highest BCUT2D eigenvalue weighted by atomic mass is 16.1. The lowest BCUT2D eigenvalue weighted by molar-refractivity contribution is -0.116. The topological polar surface area (TPSA) is 55.1 Å². The van der Waals surface area contributed by atoms with Gasteiger partial charge in [0.15, 0.2) is 0 Å². The lowest BCUT2D eigenvalue weighted by Crippen LogP contribution is -2.13. The van der Waals surface area contributed by atoms with Crippen molar-refractivity contribution in [3.63, 3.8) is 0 Å². The number of hydrogen-bond donors (Lipinski definition) is 2. The number of anilines is 1. The van der Waals surface area contributed by atoms with Gasteiger partial charge in [0.2, 0.25) is 5.91 Å². The number of amides is 1. The van der Waals surface area contributed by atoms with Crippen LogP contribution in [-0.4, -0.2) is 12.5 Å². The highest BCUT2D eigenvalue weighted by Crippen LogP contribution is 2.20. The van der Waals surface area contributed by atoms with Crippen molar-refractivity contribution in [1.29, 1.82) is 0 Å². The third-order valence-corrected chi connectivity index (χ3v) is 2.89. The molecule has 0 heterocycles. The van der Waals surface area contributed by atoms with E-state index in [0.717, 1.165) is 17.5 Å². The summed E-state index contributed by atoms with van der Waals surface area (Å²) in [4.78, 5) is 11.6. The van der Waals surface area contributed by atoms with Crippen molar-refractivity contribution in [2.75, 3.05) is 11.9 Å². The van der Waals surface area contributed by atoms with Crippen LogP contribution in [0.5, 0.6) is 0 Å². The smallest absolute Gasteiger partial charge is 0.224 e. The zero-order chi connectivity index (χ0) is 13.0. The monoisotopic (exact) mass is 242 g/mol. The maximum Gasteiger partial charge on any atom is 0.224 e. The van der Waals surface area contributed by atoms with Crippen LogP contribution in [0.15, 0.2) is 36.4 Å². The third-order valence-electron chi connectivity index (χ3n) is 2.89. The molecule has 3 heteroatoms. The van der Waals surface area contributed by atoms with E-state index in [2.05, 4.69) is 30.4 Å². The van der Waals surface area contributed by atoms with Crippen LogP contribution in [-0.2, 0) is 4.79 Å². The number of hydrogen-bond acceptors (Lipinski definition) is 2. The molecule has 0 aliphatic heterocycles. The molecule has 0 aromatic heterocycles. The van der Waals surface area contributed by atoms with Crippen molar-refractivity contribution in [2.24, 2.45) is 5.73 Å². The molecular weight excluding hydrogens is 224 g/mol. The van der Waals surface area contributed by atoms with Crippen molar-refractivity contribution in [2.45, 2.75) is 19.8 Å². The largest absolute Gasteiger partial charge is 0.330 e. The summed E-state index contributed by atoms with van der Waals surface area (Å²) in [5.74, 6) is 0.0203. The Morgan fingerprint density at radius 3 is 2.67 bits per heavy atom. The van der Waals surface area contributed by atoms with Crippen molar-refractivity contribution in [3.05, 3.63) is 42.0 Å². The Labute approximate surface area is 107 Å². The zero-order valence-corrected chi connectivity index (χ0v) is 10.6. The fourth-order valence-corrected chi connectivity index (χ4v) is 1.93. The summed E-state index contributed by atoms with van der Waals surface area (Å²) < 4.78 is 0. The summed E-state index contributed by atoms with van der Waals surface area (Å²) in [5, 5.41) is 5.22. The molecule has 0 unspecified atom stereocenters. The van der Waals surface area contributed by atoms with Crippen LogP contribution in [0, 0.1) is 6.92 Å². The minimum Gasteiger partial charge on any atom is -0.330 e. The summed E-state index contributed by atoms with van der Waals surface area (Å²) in [6.07, 6.45) is 1.20. The van der Waals surface area contributed by atoms with Gasteiger partial charge in [0.05, 0.1) is 0 Å². The standard InChI is InChI=1S/C15H18N2O/c1-11-4-5-13-10-14(7-6-12(13)9-11)17-15(18)3-2-8-16/h4-7,9-10H,2-3,8,16H2,1H3,(H,17,18). The highest BCUT2D eigenvalue weighted by Gasteiger charge is 2.02. The van der Waals surface area contributed by atoms with Crippen molar-refractivity contribution < 1.29 is 4.79 Å². The predicted molar refractivity (Wildman–Crippen MR) is 75.6 cm³/mol. The molecule has 0 spiro atoms. The average Bonchev–Trinajstić information content (AvgIpc) is 2.36. The summed E-state index contributed by atoms with van der Waals surface area (Å²) >= 11 is 0. The summed E-state index contributed by atoms with van der Waals surface area (Å²) in [6.45, 7) is 2.62. The Kier molecular flexibility index (Phi) is 3.95. The molecule has 2 rings (SSSR count). The fourth-order valence-electron chi connectivity index (χ4n) is 1.93. The molecule has 2 aromatic rings. The molecule has 0 aliphatic rings. The number of aryl methyl sites for hydroxylation is 1. The first-order chi connectivity index (χ1) is 8.69. The molecule has 0 bridgehead atoms. The molecule has 0 fully saturated rings.